The SMILES string of the molecule is C.CC.CC.CC.CC.CCCCC(CCCC)c1c(CC)ccc2ccccc12.CCCCC1(CCCC)\C(C/C=C/C=C/C(C)C)=C/C=C/C=c2/cccc/c2=C\1C. The summed E-state index contributed by atoms with van der Waals surface area (Å²) in [4.78, 5) is 0. The Hall–Kier alpha value is -3.38. The van der Waals surface area contributed by atoms with Gasteiger partial charge in [0, 0.05) is 5.41 Å². The van der Waals surface area contributed by atoms with Crippen molar-refractivity contribution in [3.63, 3.8) is 0 Å². The quantitative estimate of drug-likeness (QED) is 0.112. The summed E-state index contributed by atoms with van der Waals surface area (Å²) in [7, 11) is 0. The lowest BCUT2D eigenvalue weighted by Crippen LogP contribution is -2.34. The lowest BCUT2D eigenvalue weighted by Gasteiger charge is -2.38. The van der Waals surface area contributed by atoms with Crippen molar-refractivity contribution in [2.75, 3.05) is 0 Å². The van der Waals surface area contributed by atoms with Gasteiger partial charge in [0.25, 0.3) is 0 Å². The van der Waals surface area contributed by atoms with Crippen LogP contribution in [-0.4, -0.2) is 0 Å². The van der Waals surface area contributed by atoms with Crippen molar-refractivity contribution in [1.82, 2.24) is 0 Å². The van der Waals surface area contributed by atoms with Crippen molar-refractivity contribution in [2.24, 2.45) is 11.3 Å². The Balaban J connectivity index is -0.000000950. The highest BCUT2D eigenvalue weighted by Crippen LogP contribution is 2.47. The van der Waals surface area contributed by atoms with Gasteiger partial charge in [-0.15, -0.1) is 0 Å². The van der Waals surface area contributed by atoms with E-state index in [-0.39, 0.29) is 12.8 Å². The van der Waals surface area contributed by atoms with Crippen molar-refractivity contribution in [1.29, 1.82) is 0 Å². The number of hydrogen-bond donors (Lipinski definition) is 0. The maximum absolute atomic E-state index is 2.41. The van der Waals surface area contributed by atoms with E-state index < -0.39 is 0 Å². The van der Waals surface area contributed by atoms with Gasteiger partial charge in [-0.2, -0.15) is 0 Å². The molecule has 0 unspecified atom stereocenters. The monoisotopic (exact) mass is 821 g/mol. The van der Waals surface area contributed by atoms with Crippen LogP contribution < -0.4 is 10.4 Å². The minimum atomic E-state index is 0. The number of rotatable bonds is 18. The minimum absolute atomic E-state index is 0. The molecule has 0 atom stereocenters. The predicted molar refractivity (Wildman–Crippen MR) is 283 cm³/mol. The lowest BCUT2D eigenvalue weighted by atomic mass is 9.66. The van der Waals surface area contributed by atoms with Crippen LogP contribution >= 0.6 is 0 Å². The van der Waals surface area contributed by atoms with Crippen LogP contribution in [0, 0.1) is 11.3 Å². The highest BCUT2D eigenvalue weighted by atomic mass is 14.4. The van der Waals surface area contributed by atoms with Gasteiger partial charge in [-0.05, 0) is 89.6 Å². The molecule has 0 aliphatic heterocycles. The van der Waals surface area contributed by atoms with E-state index in [1.807, 2.05) is 55.4 Å². The number of fused-ring (bicyclic) bond motifs is 2. The molecule has 0 heterocycles. The number of allylic oxidation sites excluding steroid dienone is 8. The van der Waals surface area contributed by atoms with Crippen molar-refractivity contribution in [2.45, 2.75) is 214 Å². The molecule has 4 rings (SSSR count). The van der Waals surface area contributed by atoms with E-state index in [0.29, 0.717) is 5.92 Å². The molecule has 0 bridgehead atoms. The fourth-order valence-electron chi connectivity index (χ4n) is 8.04. The van der Waals surface area contributed by atoms with Gasteiger partial charge in [0.1, 0.15) is 0 Å². The summed E-state index contributed by atoms with van der Waals surface area (Å²) < 4.78 is 0. The van der Waals surface area contributed by atoms with Crippen LogP contribution in [0.1, 0.15) is 219 Å². The molecule has 0 nitrogen and oxygen atoms in total. The van der Waals surface area contributed by atoms with Crippen molar-refractivity contribution >= 4 is 22.4 Å². The van der Waals surface area contributed by atoms with Crippen LogP contribution in [0.25, 0.3) is 22.4 Å². The van der Waals surface area contributed by atoms with Crippen molar-refractivity contribution < 1.29 is 0 Å². The predicted octanol–water partition coefficient (Wildman–Crippen LogP) is 19.3. The average molecular weight is 821 g/mol. The smallest absolute Gasteiger partial charge is 0.0133 e. The summed E-state index contributed by atoms with van der Waals surface area (Å²) in [6, 6.07) is 22.5. The second-order valence-electron chi connectivity index (χ2n) is 15.2. The number of benzene rings is 3. The third-order valence-corrected chi connectivity index (χ3v) is 11.0. The van der Waals surface area contributed by atoms with Gasteiger partial charge in [0.2, 0.25) is 0 Å². The molecule has 3 aromatic carbocycles. The largest absolute Gasteiger partial charge is 0.0820 e. The summed E-state index contributed by atoms with van der Waals surface area (Å²) in [6.45, 7) is 34.4. The third kappa shape index (κ3) is 20.9. The zero-order valence-electron chi connectivity index (χ0n) is 41.9. The van der Waals surface area contributed by atoms with Gasteiger partial charge >= 0.3 is 0 Å². The molecule has 0 heteroatoms. The molecular formula is C60H100. The van der Waals surface area contributed by atoms with Gasteiger partial charge in [-0.25, -0.2) is 0 Å². The Kier molecular flexibility index (Phi) is 40.3. The first-order valence-corrected chi connectivity index (χ1v) is 24.8. The molecule has 0 spiro atoms. The first-order valence-electron chi connectivity index (χ1n) is 24.8. The van der Waals surface area contributed by atoms with E-state index in [4.69, 9.17) is 0 Å². The normalized spacial score (nSPS) is 15.4. The van der Waals surface area contributed by atoms with Crippen LogP contribution in [0.15, 0.2) is 109 Å². The fourth-order valence-corrected chi connectivity index (χ4v) is 8.04. The highest BCUT2D eigenvalue weighted by molar-refractivity contribution is 5.87. The molecule has 0 aromatic heterocycles. The van der Waals surface area contributed by atoms with E-state index in [9.17, 15) is 0 Å². The topological polar surface area (TPSA) is 0 Å². The summed E-state index contributed by atoms with van der Waals surface area (Å²) in [5, 5.41) is 5.66. The van der Waals surface area contributed by atoms with Crippen LogP contribution in [0.5, 0.6) is 0 Å². The third-order valence-electron chi connectivity index (χ3n) is 11.0. The Morgan fingerprint density at radius 1 is 0.600 bits per heavy atom. The van der Waals surface area contributed by atoms with E-state index in [1.54, 1.807) is 22.3 Å². The van der Waals surface area contributed by atoms with Gasteiger partial charge in [0.05, 0.1) is 0 Å². The Morgan fingerprint density at radius 2 is 1.13 bits per heavy atom. The molecule has 0 radical (unpaired) electrons. The van der Waals surface area contributed by atoms with Gasteiger partial charge in [-0.3, -0.25) is 0 Å². The number of unbranched alkanes of at least 4 members (excludes halogenated alkanes) is 4. The molecule has 340 valence electrons. The van der Waals surface area contributed by atoms with Crippen molar-refractivity contribution in [3.8, 4) is 0 Å². The average Bonchev–Trinajstić information content (AvgIpc) is 3.34. The second kappa shape index (κ2) is 39.7. The molecular weight excluding hydrogens is 721 g/mol. The van der Waals surface area contributed by atoms with E-state index >= 15 is 0 Å². The minimum Gasteiger partial charge on any atom is -0.0820 e. The second-order valence-corrected chi connectivity index (χ2v) is 15.2. The van der Waals surface area contributed by atoms with Crippen LogP contribution in [0.4, 0.5) is 0 Å². The van der Waals surface area contributed by atoms with Gasteiger partial charge in [-0.1, -0.05) is 283 Å². The molecule has 0 saturated carbocycles. The highest BCUT2D eigenvalue weighted by Gasteiger charge is 2.34. The van der Waals surface area contributed by atoms with E-state index in [0.717, 1.165) is 18.8 Å². The first-order chi connectivity index (χ1) is 28.9. The molecule has 3 aromatic rings. The van der Waals surface area contributed by atoms with Crippen LogP contribution in [0.2, 0.25) is 0 Å². The maximum Gasteiger partial charge on any atom is 0.0133 e. The first kappa shape index (κ1) is 60.9. The summed E-state index contributed by atoms with van der Waals surface area (Å²) >= 11 is 0. The number of hydrogen-bond acceptors (Lipinski definition) is 0. The fraction of sp³-hybridized carbons (Fsp3) is 0.567. The zero-order chi connectivity index (χ0) is 44.9. The standard InChI is InChI=1S/C30H42.C21H30.4C2H6.CH4/c1-6-8-23-30(24-9-7-2)26(5)29-22-16-14-19-27(29)18-13-15-21-28(30)20-12-10-11-17-25(3)4;1-4-7-11-19(12-8-5-2)21-17(6-3)15-16-18-13-9-10-14-20(18)21;4*1-2;/h10-19,21-22,25H,6-9,20,23-24H2,1-5H3;9-10,13-16,19H,4-8,11-12H2,1-3H3;4*1-2H3;1H4/b12-10+,15-13+,17-11+,27-18-,28-21-,29-26+;;;;;;. The molecule has 0 amide bonds. The van der Waals surface area contributed by atoms with Crippen LogP contribution in [0.3, 0.4) is 0 Å². The summed E-state index contributed by atoms with van der Waals surface area (Å²) in [5.74, 6) is 1.34. The van der Waals surface area contributed by atoms with Crippen molar-refractivity contribution in [3.05, 3.63) is 130 Å². The maximum atomic E-state index is 2.41. The Labute approximate surface area is 376 Å². The molecule has 0 saturated heterocycles. The summed E-state index contributed by atoms with van der Waals surface area (Å²) in [5.41, 5.74) is 6.47. The zero-order valence-corrected chi connectivity index (χ0v) is 41.9. The van der Waals surface area contributed by atoms with E-state index in [1.165, 1.54) is 98.3 Å². The molecule has 60 heavy (non-hydrogen) atoms. The van der Waals surface area contributed by atoms with Gasteiger partial charge in [0.15, 0.2) is 0 Å². The number of aryl methyl sites for hydroxylation is 1. The van der Waals surface area contributed by atoms with Crippen LogP contribution in [-0.2, 0) is 6.42 Å². The van der Waals surface area contributed by atoms with E-state index in [2.05, 4.69) is 165 Å². The van der Waals surface area contributed by atoms with Gasteiger partial charge < -0.3 is 0 Å². The molecule has 0 N–H and O–H groups in total. The molecule has 1 aliphatic carbocycles. The molecule has 1 aliphatic rings. The molecule has 0 fully saturated rings. The lowest BCUT2D eigenvalue weighted by molar-refractivity contribution is 0.367. The summed E-state index contributed by atoms with van der Waals surface area (Å²) in [6.07, 6.45) is 35.8. The Bertz CT molecular complexity index is 1670. The Morgan fingerprint density at radius 3 is 1.68 bits per heavy atom.